The molecule has 0 bridgehead atoms. The SMILES string of the molecule is CC1CN(C)CCCN1c1ccccc1CO. The number of aliphatic hydroxyl groups excluding tert-OH is 1. The van der Waals surface area contributed by atoms with E-state index in [1.807, 2.05) is 12.1 Å². The molecule has 1 N–H and O–H groups in total. The summed E-state index contributed by atoms with van der Waals surface area (Å²) in [6.07, 6.45) is 1.18. The van der Waals surface area contributed by atoms with Crippen LogP contribution in [0.1, 0.15) is 18.9 Å². The van der Waals surface area contributed by atoms with Gasteiger partial charge in [-0.2, -0.15) is 0 Å². The smallest absolute Gasteiger partial charge is 0.0702 e. The first-order chi connectivity index (χ1) is 8.22. The van der Waals surface area contributed by atoms with Crippen LogP contribution in [0.15, 0.2) is 24.3 Å². The molecular weight excluding hydrogens is 212 g/mol. The van der Waals surface area contributed by atoms with Gasteiger partial charge < -0.3 is 14.9 Å². The van der Waals surface area contributed by atoms with Crippen molar-refractivity contribution in [1.82, 2.24) is 4.90 Å². The lowest BCUT2D eigenvalue weighted by Crippen LogP contribution is -2.38. The zero-order valence-corrected chi connectivity index (χ0v) is 10.8. The highest BCUT2D eigenvalue weighted by Gasteiger charge is 2.21. The predicted molar refractivity (Wildman–Crippen MR) is 71.3 cm³/mol. The molecule has 1 saturated heterocycles. The van der Waals surface area contributed by atoms with Crippen molar-refractivity contribution in [2.24, 2.45) is 0 Å². The van der Waals surface area contributed by atoms with E-state index in [1.54, 1.807) is 0 Å². The molecule has 1 aliphatic heterocycles. The summed E-state index contributed by atoms with van der Waals surface area (Å²) < 4.78 is 0. The van der Waals surface area contributed by atoms with Crippen molar-refractivity contribution in [1.29, 1.82) is 0 Å². The molecule has 1 aromatic rings. The molecule has 0 saturated carbocycles. The summed E-state index contributed by atoms with van der Waals surface area (Å²) >= 11 is 0. The van der Waals surface area contributed by atoms with Gasteiger partial charge in [-0.3, -0.25) is 0 Å². The van der Waals surface area contributed by atoms with E-state index in [1.165, 1.54) is 12.1 Å². The van der Waals surface area contributed by atoms with Crippen LogP contribution in [0.3, 0.4) is 0 Å². The molecule has 0 aromatic heterocycles. The van der Waals surface area contributed by atoms with Crippen LogP contribution in [-0.2, 0) is 6.61 Å². The average molecular weight is 234 g/mol. The van der Waals surface area contributed by atoms with Crippen LogP contribution in [-0.4, -0.2) is 42.7 Å². The minimum Gasteiger partial charge on any atom is -0.392 e. The van der Waals surface area contributed by atoms with E-state index in [4.69, 9.17) is 0 Å². The van der Waals surface area contributed by atoms with Gasteiger partial charge in [0.1, 0.15) is 0 Å². The Labute approximate surface area is 104 Å². The van der Waals surface area contributed by atoms with Crippen molar-refractivity contribution < 1.29 is 5.11 Å². The van der Waals surface area contributed by atoms with Crippen LogP contribution in [0.25, 0.3) is 0 Å². The molecule has 0 radical (unpaired) electrons. The van der Waals surface area contributed by atoms with E-state index in [-0.39, 0.29) is 6.61 Å². The molecule has 3 nitrogen and oxygen atoms in total. The largest absolute Gasteiger partial charge is 0.392 e. The third-order valence-electron chi connectivity index (χ3n) is 3.52. The second kappa shape index (κ2) is 5.52. The summed E-state index contributed by atoms with van der Waals surface area (Å²) in [6.45, 7) is 5.69. The Kier molecular flexibility index (Phi) is 4.02. The Bertz CT molecular complexity index is 367. The Morgan fingerprint density at radius 2 is 2.06 bits per heavy atom. The third-order valence-corrected chi connectivity index (χ3v) is 3.52. The first kappa shape index (κ1) is 12.4. The molecule has 17 heavy (non-hydrogen) atoms. The minimum absolute atomic E-state index is 0.120. The second-order valence-electron chi connectivity index (χ2n) is 4.95. The van der Waals surface area contributed by atoms with E-state index in [0.29, 0.717) is 6.04 Å². The molecule has 0 spiro atoms. The lowest BCUT2D eigenvalue weighted by Gasteiger charge is -2.31. The maximum Gasteiger partial charge on any atom is 0.0702 e. The quantitative estimate of drug-likeness (QED) is 0.844. The van der Waals surface area contributed by atoms with Gasteiger partial charge in [0.15, 0.2) is 0 Å². The molecule has 1 heterocycles. The zero-order chi connectivity index (χ0) is 12.3. The molecule has 2 rings (SSSR count). The monoisotopic (exact) mass is 234 g/mol. The number of para-hydroxylation sites is 1. The lowest BCUT2D eigenvalue weighted by atomic mass is 10.1. The van der Waals surface area contributed by atoms with Crippen molar-refractivity contribution in [2.75, 3.05) is 31.6 Å². The molecule has 1 aromatic carbocycles. The van der Waals surface area contributed by atoms with Crippen molar-refractivity contribution in [3.63, 3.8) is 0 Å². The van der Waals surface area contributed by atoms with Crippen molar-refractivity contribution in [2.45, 2.75) is 26.0 Å². The fraction of sp³-hybridized carbons (Fsp3) is 0.571. The van der Waals surface area contributed by atoms with Crippen LogP contribution >= 0.6 is 0 Å². The number of nitrogens with zero attached hydrogens (tertiary/aromatic N) is 2. The Hall–Kier alpha value is -1.06. The topological polar surface area (TPSA) is 26.7 Å². The van der Waals surface area contributed by atoms with Crippen LogP contribution < -0.4 is 4.90 Å². The van der Waals surface area contributed by atoms with E-state index in [9.17, 15) is 5.11 Å². The number of rotatable bonds is 2. The predicted octanol–water partition coefficient (Wildman–Crippen LogP) is 1.71. The van der Waals surface area contributed by atoms with E-state index in [0.717, 1.165) is 25.2 Å². The summed E-state index contributed by atoms with van der Waals surface area (Å²) in [4.78, 5) is 4.81. The maximum atomic E-state index is 9.42. The molecule has 1 aliphatic rings. The van der Waals surface area contributed by atoms with Gasteiger partial charge in [-0.1, -0.05) is 18.2 Å². The van der Waals surface area contributed by atoms with Gasteiger partial charge in [0.2, 0.25) is 0 Å². The number of hydrogen-bond acceptors (Lipinski definition) is 3. The molecule has 94 valence electrons. The molecule has 1 unspecified atom stereocenters. The fourth-order valence-electron chi connectivity index (χ4n) is 2.65. The van der Waals surface area contributed by atoms with Crippen LogP contribution in [0.5, 0.6) is 0 Å². The first-order valence-corrected chi connectivity index (χ1v) is 6.36. The van der Waals surface area contributed by atoms with Gasteiger partial charge in [-0.15, -0.1) is 0 Å². The Balaban J connectivity index is 2.25. The van der Waals surface area contributed by atoms with Crippen LogP contribution in [0, 0.1) is 0 Å². The van der Waals surface area contributed by atoms with E-state index >= 15 is 0 Å². The summed E-state index contributed by atoms with van der Waals surface area (Å²) in [5.74, 6) is 0. The number of hydrogen-bond donors (Lipinski definition) is 1. The Morgan fingerprint density at radius 3 is 2.82 bits per heavy atom. The van der Waals surface area contributed by atoms with E-state index in [2.05, 4.69) is 35.9 Å². The molecule has 1 fully saturated rings. The summed E-state index contributed by atoms with van der Waals surface area (Å²) in [7, 11) is 2.18. The van der Waals surface area contributed by atoms with Gasteiger partial charge >= 0.3 is 0 Å². The summed E-state index contributed by atoms with van der Waals surface area (Å²) in [5, 5.41) is 9.42. The number of benzene rings is 1. The highest BCUT2D eigenvalue weighted by Crippen LogP contribution is 2.24. The lowest BCUT2D eigenvalue weighted by molar-refractivity contribution is 0.281. The highest BCUT2D eigenvalue weighted by atomic mass is 16.3. The van der Waals surface area contributed by atoms with Crippen molar-refractivity contribution in [3.05, 3.63) is 29.8 Å². The standard InChI is InChI=1S/C14H22N2O/c1-12-10-15(2)8-5-9-16(12)14-7-4-3-6-13(14)11-17/h3-4,6-7,12,17H,5,8-11H2,1-2H3. The molecule has 3 heteroatoms. The third kappa shape index (κ3) is 2.79. The first-order valence-electron chi connectivity index (χ1n) is 6.36. The second-order valence-corrected chi connectivity index (χ2v) is 4.95. The van der Waals surface area contributed by atoms with Gasteiger partial charge in [0, 0.05) is 30.4 Å². The fourth-order valence-corrected chi connectivity index (χ4v) is 2.65. The maximum absolute atomic E-state index is 9.42. The van der Waals surface area contributed by atoms with Gasteiger partial charge in [-0.05, 0) is 33.0 Å². The summed E-state index contributed by atoms with van der Waals surface area (Å²) in [6, 6.07) is 8.67. The summed E-state index contributed by atoms with van der Waals surface area (Å²) in [5.41, 5.74) is 2.22. The molecular formula is C14H22N2O. The van der Waals surface area contributed by atoms with Gasteiger partial charge in [0.05, 0.1) is 6.61 Å². The van der Waals surface area contributed by atoms with Crippen LogP contribution in [0.4, 0.5) is 5.69 Å². The number of likely N-dealkylation sites (N-methyl/N-ethyl adjacent to an activating group) is 1. The van der Waals surface area contributed by atoms with Crippen LogP contribution in [0.2, 0.25) is 0 Å². The normalized spacial score (nSPS) is 22.5. The number of aliphatic hydroxyl groups is 1. The molecule has 0 amide bonds. The van der Waals surface area contributed by atoms with Gasteiger partial charge in [-0.25, -0.2) is 0 Å². The molecule has 0 aliphatic carbocycles. The van der Waals surface area contributed by atoms with Crippen molar-refractivity contribution >= 4 is 5.69 Å². The zero-order valence-electron chi connectivity index (χ0n) is 10.8. The highest BCUT2D eigenvalue weighted by molar-refractivity contribution is 5.54. The van der Waals surface area contributed by atoms with E-state index < -0.39 is 0 Å². The van der Waals surface area contributed by atoms with Crippen molar-refractivity contribution in [3.8, 4) is 0 Å². The average Bonchev–Trinajstić information content (AvgIpc) is 2.50. The minimum atomic E-state index is 0.120. The van der Waals surface area contributed by atoms with Gasteiger partial charge in [0.25, 0.3) is 0 Å². The number of anilines is 1. The Morgan fingerprint density at radius 1 is 1.29 bits per heavy atom. The molecule has 1 atom stereocenters.